The van der Waals surface area contributed by atoms with Crippen molar-refractivity contribution in [2.45, 2.75) is 25.9 Å². The lowest BCUT2D eigenvalue weighted by atomic mass is 10.1. The molecule has 0 amide bonds. The number of rotatable bonds is 13. The van der Waals surface area contributed by atoms with E-state index in [2.05, 4.69) is 22.5 Å². The largest absolute Gasteiger partial charge is 0.379 e. The summed E-state index contributed by atoms with van der Waals surface area (Å²) in [6.07, 6.45) is 2.04. The Labute approximate surface area is 156 Å². The molecule has 6 nitrogen and oxygen atoms in total. The molecule has 148 valence electrons. The lowest BCUT2D eigenvalue weighted by molar-refractivity contribution is 0.0487. The Morgan fingerprint density at radius 1 is 1.08 bits per heavy atom. The van der Waals surface area contributed by atoms with Crippen LogP contribution in [0, 0.1) is 5.82 Å². The van der Waals surface area contributed by atoms with Gasteiger partial charge in [0.15, 0.2) is 5.96 Å². The molecule has 0 heterocycles. The number of ether oxygens (including phenoxy) is 3. The average Bonchev–Trinajstić information content (AvgIpc) is 2.66. The van der Waals surface area contributed by atoms with E-state index in [0.717, 1.165) is 25.0 Å². The van der Waals surface area contributed by atoms with Crippen LogP contribution in [0.2, 0.25) is 0 Å². The Morgan fingerprint density at radius 3 is 2.38 bits per heavy atom. The highest BCUT2D eigenvalue weighted by atomic mass is 19.1. The highest BCUT2D eigenvalue weighted by molar-refractivity contribution is 5.79. The number of methoxy groups -OCH3 is 1. The summed E-state index contributed by atoms with van der Waals surface area (Å²) in [6.45, 7) is 5.89. The van der Waals surface area contributed by atoms with Gasteiger partial charge in [-0.3, -0.25) is 4.99 Å². The zero-order valence-corrected chi connectivity index (χ0v) is 16.1. The van der Waals surface area contributed by atoms with Crippen LogP contribution in [-0.2, 0) is 14.2 Å². The molecule has 1 atom stereocenters. The van der Waals surface area contributed by atoms with Crippen LogP contribution >= 0.6 is 0 Å². The van der Waals surface area contributed by atoms with Gasteiger partial charge < -0.3 is 24.8 Å². The van der Waals surface area contributed by atoms with Crippen molar-refractivity contribution in [3.05, 3.63) is 35.6 Å². The number of nitrogens with zero attached hydrogens (tertiary/aromatic N) is 1. The summed E-state index contributed by atoms with van der Waals surface area (Å²) < 4.78 is 29.4. The summed E-state index contributed by atoms with van der Waals surface area (Å²) in [5, 5.41) is 6.38. The molecule has 1 aromatic rings. The van der Waals surface area contributed by atoms with E-state index >= 15 is 0 Å². The van der Waals surface area contributed by atoms with Crippen molar-refractivity contribution in [1.82, 2.24) is 10.6 Å². The van der Waals surface area contributed by atoms with Crippen molar-refractivity contribution in [3.63, 3.8) is 0 Å². The predicted molar refractivity (Wildman–Crippen MR) is 102 cm³/mol. The number of hydrogen-bond donors (Lipinski definition) is 2. The summed E-state index contributed by atoms with van der Waals surface area (Å²) in [5.41, 5.74) is 0.906. The van der Waals surface area contributed by atoms with Gasteiger partial charge in [0.1, 0.15) is 5.82 Å². The first-order valence-corrected chi connectivity index (χ1v) is 9.09. The SMILES string of the molecule is CCCCOCCOCCNC(=NC)NCC(OC)c1ccc(F)cc1. The van der Waals surface area contributed by atoms with Gasteiger partial charge in [-0.2, -0.15) is 0 Å². The van der Waals surface area contributed by atoms with Gasteiger partial charge in [0, 0.05) is 33.9 Å². The molecule has 0 spiro atoms. The Kier molecular flexibility index (Phi) is 12.4. The van der Waals surface area contributed by atoms with Crippen LogP contribution in [0.3, 0.4) is 0 Å². The van der Waals surface area contributed by atoms with Gasteiger partial charge in [-0.05, 0) is 24.1 Å². The Bertz CT molecular complexity index is 497. The van der Waals surface area contributed by atoms with Crippen molar-refractivity contribution >= 4 is 5.96 Å². The second-order valence-corrected chi connectivity index (χ2v) is 5.73. The smallest absolute Gasteiger partial charge is 0.191 e. The van der Waals surface area contributed by atoms with E-state index in [4.69, 9.17) is 14.2 Å². The van der Waals surface area contributed by atoms with Gasteiger partial charge in [-0.25, -0.2) is 4.39 Å². The molecule has 26 heavy (non-hydrogen) atoms. The summed E-state index contributed by atoms with van der Waals surface area (Å²) >= 11 is 0. The third kappa shape index (κ3) is 9.70. The molecular formula is C19H32FN3O3. The maximum Gasteiger partial charge on any atom is 0.191 e. The fraction of sp³-hybridized carbons (Fsp3) is 0.632. The molecule has 0 radical (unpaired) electrons. The quantitative estimate of drug-likeness (QED) is 0.318. The average molecular weight is 369 g/mol. The van der Waals surface area contributed by atoms with E-state index in [1.165, 1.54) is 12.1 Å². The third-order valence-corrected chi connectivity index (χ3v) is 3.76. The Hall–Kier alpha value is -1.70. The summed E-state index contributed by atoms with van der Waals surface area (Å²) in [7, 11) is 3.33. The molecule has 2 N–H and O–H groups in total. The number of guanidine groups is 1. The fourth-order valence-corrected chi connectivity index (χ4v) is 2.23. The van der Waals surface area contributed by atoms with Crippen LogP contribution < -0.4 is 10.6 Å². The van der Waals surface area contributed by atoms with Crippen LogP contribution in [0.25, 0.3) is 0 Å². The van der Waals surface area contributed by atoms with Gasteiger partial charge in [0.2, 0.25) is 0 Å². The van der Waals surface area contributed by atoms with Gasteiger partial charge in [0.05, 0.1) is 25.9 Å². The predicted octanol–water partition coefficient (Wildman–Crippen LogP) is 2.51. The molecular weight excluding hydrogens is 337 g/mol. The molecule has 0 bridgehead atoms. The minimum Gasteiger partial charge on any atom is -0.379 e. The summed E-state index contributed by atoms with van der Waals surface area (Å²) in [6, 6.07) is 6.30. The molecule has 0 aromatic heterocycles. The topological polar surface area (TPSA) is 64.1 Å². The van der Waals surface area contributed by atoms with Crippen LogP contribution in [0.4, 0.5) is 4.39 Å². The zero-order valence-electron chi connectivity index (χ0n) is 16.1. The number of hydrogen-bond acceptors (Lipinski definition) is 4. The first-order chi connectivity index (χ1) is 12.7. The molecule has 1 aromatic carbocycles. The lowest BCUT2D eigenvalue weighted by Crippen LogP contribution is -2.41. The van der Waals surface area contributed by atoms with Crippen LogP contribution in [0.1, 0.15) is 31.4 Å². The highest BCUT2D eigenvalue weighted by Gasteiger charge is 2.11. The minimum absolute atomic E-state index is 0.189. The van der Waals surface area contributed by atoms with E-state index in [9.17, 15) is 4.39 Å². The Balaban J connectivity index is 2.18. The summed E-state index contributed by atoms with van der Waals surface area (Å²) in [5.74, 6) is 0.404. The van der Waals surface area contributed by atoms with Crippen molar-refractivity contribution in [3.8, 4) is 0 Å². The van der Waals surface area contributed by atoms with Gasteiger partial charge in [0.25, 0.3) is 0 Å². The number of nitrogens with one attached hydrogen (secondary N) is 2. The molecule has 0 aliphatic rings. The fourth-order valence-electron chi connectivity index (χ4n) is 2.23. The third-order valence-electron chi connectivity index (χ3n) is 3.76. The molecule has 0 aliphatic carbocycles. The second-order valence-electron chi connectivity index (χ2n) is 5.73. The van der Waals surface area contributed by atoms with Crippen LogP contribution in [-0.4, -0.2) is 59.6 Å². The second kappa shape index (κ2) is 14.5. The number of aliphatic imine (C=N–C) groups is 1. The molecule has 1 unspecified atom stereocenters. The minimum atomic E-state index is -0.259. The maximum absolute atomic E-state index is 13.0. The standard InChI is InChI=1S/C19H32FN3O3/c1-4-5-11-25-13-14-26-12-10-22-19(21-2)23-15-18(24-3)16-6-8-17(20)9-7-16/h6-9,18H,4-5,10-15H2,1-3H3,(H2,21,22,23). The van der Waals surface area contributed by atoms with Gasteiger partial charge >= 0.3 is 0 Å². The van der Waals surface area contributed by atoms with Crippen molar-refractivity contribution in [1.29, 1.82) is 0 Å². The van der Waals surface area contributed by atoms with Gasteiger partial charge in [-0.15, -0.1) is 0 Å². The monoisotopic (exact) mass is 369 g/mol. The number of benzene rings is 1. The van der Waals surface area contributed by atoms with Crippen molar-refractivity contribution in [2.75, 3.05) is 53.7 Å². The van der Waals surface area contributed by atoms with Gasteiger partial charge in [-0.1, -0.05) is 25.5 Å². The molecule has 0 saturated carbocycles. The van der Waals surface area contributed by atoms with Crippen molar-refractivity contribution in [2.24, 2.45) is 4.99 Å². The number of unbranched alkanes of at least 4 members (excludes halogenated alkanes) is 1. The van der Waals surface area contributed by atoms with E-state index in [1.807, 2.05) is 0 Å². The van der Waals surface area contributed by atoms with E-state index < -0.39 is 0 Å². The molecule has 1 rings (SSSR count). The summed E-state index contributed by atoms with van der Waals surface area (Å²) in [4.78, 5) is 4.17. The normalized spacial score (nSPS) is 12.8. The first kappa shape index (κ1) is 22.3. The maximum atomic E-state index is 13.0. The van der Waals surface area contributed by atoms with Crippen LogP contribution in [0.5, 0.6) is 0 Å². The lowest BCUT2D eigenvalue weighted by Gasteiger charge is -2.18. The van der Waals surface area contributed by atoms with E-state index in [0.29, 0.717) is 38.9 Å². The van der Waals surface area contributed by atoms with Crippen molar-refractivity contribution < 1.29 is 18.6 Å². The van der Waals surface area contributed by atoms with E-state index in [1.54, 1.807) is 26.3 Å². The molecule has 0 fully saturated rings. The molecule has 0 saturated heterocycles. The van der Waals surface area contributed by atoms with Crippen LogP contribution in [0.15, 0.2) is 29.3 Å². The first-order valence-electron chi connectivity index (χ1n) is 9.09. The molecule has 0 aliphatic heterocycles. The molecule has 7 heteroatoms. The highest BCUT2D eigenvalue weighted by Crippen LogP contribution is 2.15. The Morgan fingerprint density at radius 2 is 1.77 bits per heavy atom. The zero-order chi connectivity index (χ0) is 19.0. The van der Waals surface area contributed by atoms with E-state index in [-0.39, 0.29) is 11.9 Å². The number of halogens is 1.